The van der Waals surface area contributed by atoms with E-state index in [1.165, 1.54) is 29.3 Å². The van der Waals surface area contributed by atoms with Crippen molar-refractivity contribution in [1.29, 1.82) is 0 Å². The molecule has 1 aliphatic rings. The Morgan fingerprint density at radius 3 is 2.31 bits per heavy atom. The zero-order valence-electron chi connectivity index (χ0n) is 18.2. The van der Waals surface area contributed by atoms with Gasteiger partial charge in [-0.2, -0.15) is 26.3 Å². The van der Waals surface area contributed by atoms with Crippen LogP contribution in [0.1, 0.15) is 51.6 Å². The van der Waals surface area contributed by atoms with Gasteiger partial charge in [-0.25, -0.2) is 9.37 Å². The predicted molar refractivity (Wildman–Crippen MR) is 112 cm³/mol. The van der Waals surface area contributed by atoms with E-state index in [9.17, 15) is 35.5 Å². The van der Waals surface area contributed by atoms with Crippen molar-refractivity contribution in [3.8, 4) is 0 Å². The van der Waals surface area contributed by atoms with Crippen LogP contribution in [0.3, 0.4) is 0 Å². The maximum absolute atomic E-state index is 14.1. The molecule has 11 heteroatoms. The number of imidazole rings is 1. The fourth-order valence-electron chi connectivity index (χ4n) is 4.31. The van der Waals surface area contributed by atoms with E-state index in [2.05, 4.69) is 4.98 Å². The van der Waals surface area contributed by atoms with Gasteiger partial charge in [0.1, 0.15) is 11.6 Å². The number of hydrogen-bond donors (Lipinski definition) is 0. The Hall–Kier alpha value is -3.37. The smallest absolute Gasteiger partial charge is 0.339 e. The molecule has 0 aliphatic carbocycles. The van der Waals surface area contributed by atoms with Crippen LogP contribution in [0.15, 0.2) is 54.9 Å². The third kappa shape index (κ3) is 5.33. The number of rotatable bonds is 4. The number of hydrogen-bond acceptors (Lipinski definition) is 2. The van der Waals surface area contributed by atoms with Gasteiger partial charge in [-0.3, -0.25) is 4.79 Å². The number of carbonyl (C=O) groups is 1. The molecule has 0 atom stereocenters. The Bertz CT molecular complexity index is 1210. The van der Waals surface area contributed by atoms with E-state index in [1.807, 2.05) is 0 Å². The van der Waals surface area contributed by atoms with Gasteiger partial charge in [0.05, 0.1) is 16.7 Å². The highest BCUT2D eigenvalue weighted by Gasteiger charge is 2.35. The minimum Gasteiger partial charge on any atom is -0.339 e. The first-order chi connectivity index (χ1) is 16.4. The molecule has 4 nitrogen and oxygen atoms in total. The lowest BCUT2D eigenvalue weighted by molar-refractivity contribution is -0.138. The molecule has 0 saturated carbocycles. The van der Waals surface area contributed by atoms with Gasteiger partial charge in [0.2, 0.25) is 0 Å². The predicted octanol–water partition coefficient (Wildman–Crippen LogP) is 6.13. The van der Waals surface area contributed by atoms with Crippen LogP contribution in [0.2, 0.25) is 0 Å². The van der Waals surface area contributed by atoms with Gasteiger partial charge in [0.25, 0.3) is 5.91 Å². The van der Waals surface area contributed by atoms with Crippen LogP contribution < -0.4 is 0 Å². The lowest BCUT2D eigenvalue weighted by Gasteiger charge is -2.32. The van der Waals surface area contributed by atoms with Crippen molar-refractivity contribution in [2.24, 2.45) is 0 Å². The molecule has 0 spiro atoms. The third-order valence-electron chi connectivity index (χ3n) is 6.08. The minimum absolute atomic E-state index is 0.0421. The molecule has 0 bridgehead atoms. The molecule has 1 amide bonds. The van der Waals surface area contributed by atoms with Crippen LogP contribution in [0, 0.1) is 5.82 Å². The number of carbonyl (C=O) groups excluding carboxylic acids is 1. The average Bonchev–Trinajstić information content (AvgIpc) is 3.26. The first-order valence-electron chi connectivity index (χ1n) is 10.8. The van der Waals surface area contributed by atoms with Crippen molar-refractivity contribution in [1.82, 2.24) is 14.5 Å². The van der Waals surface area contributed by atoms with E-state index in [-0.39, 0.29) is 31.1 Å². The van der Waals surface area contributed by atoms with Crippen molar-refractivity contribution in [2.75, 3.05) is 13.1 Å². The number of nitrogens with zero attached hydrogens (tertiary/aromatic N) is 3. The van der Waals surface area contributed by atoms with Crippen molar-refractivity contribution >= 4 is 5.91 Å². The van der Waals surface area contributed by atoms with E-state index in [1.54, 1.807) is 10.8 Å². The van der Waals surface area contributed by atoms with Crippen LogP contribution in [-0.2, 0) is 18.9 Å². The molecule has 1 aliphatic heterocycles. The largest absolute Gasteiger partial charge is 0.416 e. The van der Waals surface area contributed by atoms with Gasteiger partial charge in [-0.15, -0.1) is 0 Å². The Morgan fingerprint density at radius 2 is 1.66 bits per heavy atom. The summed E-state index contributed by atoms with van der Waals surface area (Å²) in [7, 11) is 0. The molecule has 35 heavy (non-hydrogen) atoms. The van der Waals surface area contributed by atoms with E-state index < -0.39 is 40.8 Å². The second-order valence-corrected chi connectivity index (χ2v) is 8.33. The molecular formula is C24H20F7N3O. The molecule has 1 saturated heterocycles. The van der Waals surface area contributed by atoms with Crippen molar-refractivity contribution in [3.63, 3.8) is 0 Å². The highest BCUT2D eigenvalue weighted by Crippen LogP contribution is 2.34. The minimum atomic E-state index is -4.71. The van der Waals surface area contributed by atoms with E-state index in [0.717, 1.165) is 6.07 Å². The second-order valence-electron chi connectivity index (χ2n) is 8.33. The molecule has 0 unspecified atom stereocenters. The second kappa shape index (κ2) is 9.35. The van der Waals surface area contributed by atoms with Crippen LogP contribution in [0.25, 0.3) is 0 Å². The van der Waals surface area contributed by atoms with Crippen LogP contribution in [0.4, 0.5) is 30.7 Å². The third-order valence-corrected chi connectivity index (χ3v) is 6.08. The van der Waals surface area contributed by atoms with Crippen LogP contribution in [-0.4, -0.2) is 33.4 Å². The Balaban J connectivity index is 1.47. The molecule has 2 aromatic carbocycles. The van der Waals surface area contributed by atoms with Gasteiger partial charge in [-0.1, -0.05) is 18.2 Å². The summed E-state index contributed by atoms with van der Waals surface area (Å²) in [6.07, 6.45) is -5.38. The highest BCUT2D eigenvalue weighted by molar-refractivity contribution is 5.94. The molecule has 186 valence electrons. The lowest BCUT2D eigenvalue weighted by atomic mass is 9.95. The fraction of sp³-hybridized carbons (Fsp3) is 0.333. The van der Waals surface area contributed by atoms with Gasteiger partial charge >= 0.3 is 12.4 Å². The zero-order valence-corrected chi connectivity index (χ0v) is 18.2. The number of amides is 1. The Morgan fingerprint density at radius 1 is 0.971 bits per heavy atom. The molecule has 2 heterocycles. The van der Waals surface area contributed by atoms with E-state index in [4.69, 9.17) is 0 Å². The summed E-state index contributed by atoms with van der Waals surface area (Å²) in [6, 6.07) is 6.97. The van der Waals surface area contributed by atoms with Gasteiger partial charge in [-0.05, 0) is 42.7 Å². The Labute approximate surface area is 196 Å². The summed E-state index contributed by atoms with van der Waals surface area (Å²) in [5.74, 6) is -1.50. The monoisotopic (exact) mass is 499 g/mol. The number of benzene rings is 2. The Kier molecular flexibility index (Phi) is 6.61. The van der Waals surface area contributed by atoms with Crippen LogP contribution in [0.5, 0.6) is 0 Å². The number of piperidine rings is 1. The topological polar surface area (TPSA) is 38.1 Å². The molecular weight excluding hydrogens is 479 g/mol. The molecule has 4 rings (SSSR count). The first-order valence-corrected chi connectivity index (χ1v) is 10.8. The number of aromatic nitrogens is 2. The van der Waals surface area contributed by atoms with Crippen molar-refractivity contribution in [3.05, 3.63) is 88.8 Å². The molecule has 0 N–H and O–H groups in total. The van der Waals surface area contributed by atoms with Crippen LogP contribution >= 0.6 is 0 Å². The van der Waals surface area contributed by atoms with Gasteiger partial charge in [0, 0.05) is 37.9 Å². The SMILES string of the molecule is O=C(c1cc(C(F)(F)F)ccc1F)N1CCC(c2nccn2Cc2ccccc2C(F)(F)F)CC1. The summed E-state index contributed by atoms with van der Waals surface area (Å²) in [4.78, 5) is 18.3. The summed E-state index contributed by atoms with van der Waals surface area (Å²) in [5, 5.41) is 0. The zero-order chi connectivity index (χ0) is 25.4. The maximum atomic E-state index is 14.1. The summed E-state index contributed by atoms with van der Waals surface area (Å²) >= 11 is 0. The normalized spacial score (nSPS) is 15.5. The molecule has 1 fully saturated rings. The first kappa shape index (κ1) is 24.7. The number of halogens is 7. The maximum Gasteiger partial charge on any atom is 0.416 e. The fourth-order valence-corrected chi connectivity index (χ4v) is 4.31. The highest BCUT2D eigenvalue weighted by atomic mass is 19.4. The van der Waals surface area contributed by atoms with E-state index in [0.29, 0.717) is 36.9 Å². The number of likely N-dealkylation sites (tertiary alicyclic amines) is 1. The summed E-state index contributed by atoms with van der Waals surface area (Å²) < 4.78 is 94.8. The molecule has 0 radical (unpaired) electrons. The standard InChI is InChI=1S/C24H20F7N3O/c25-20-6-5-17(23(26,27)28)13-18(20)22(35)33-10-7-15(8-11-33)21-32-9-12-34(21)14-16-3-1-2-4-19(16)24(29,30)31/h1-6,9,12-13,15H,7-8,10-11,14H2. The quantitative estimate of drug-likeness (QED) is 0.406. The molecule has 3 aromatic rings. The van der Waals surface area contributed by atoms with Gasteiger partial charge < -0.3 is 9.47 Å². The molecule has 1 aromatic heterocycles. The van der Waals surface area contributed by atoms with E-state index >= 15 is 0 Å². The number of alkyl halides is 6. The van der Waals surface area contributed by atoms with Gasteiger partial charge in [0.15, 0.2) is 0 Å². The van der Waals surface area contributed by atoms with Crippen molar-refractivity contribution in [2.45, 2.75) is 37.7 Å². The summed E-state index contributed by atoms with van der Waals surface area (Å²) in [5.41, 5.74) is -2.41. The van der Waals surface area contributed by atoms with Crippen molar-refractivity contribution < 1.29 is 35.5 Å². The summed E-state index contributed by atoms with van der Waals surface area (Å²) in [6.45, 7) is 0.246. The lowest BCUT2D eigenvalue weighted by Crippen LogP contribution is -2.39. The average molecular weight is 499 g/mol.